The summed E-state index contributed by atoms with van der Waals surface area (Å²) in [5.74, 6) is 0.276. The van der Waals surface area contributed by atoms with Gasteiger partial charge < -0.3 is 9.47 Å². The normalized spacial score (nSPS) is 9.76. The number of hydrogen-bond donors (Lipinski definition) is 0. The summed E-state index contributed by atoms with van der Waals surface area (Å²) in [7, 11) is 2.91. The van der Waals surface area contributed by atoms with Crippen molar-refractivity contribution >= 4 is 17.7 Å². The van der Waals surface area contributed by atoms with Gasteiger partial charge in [-0.25, -0.2) is 4.79 Å². The summed E-state index contributed by atoms with van der Waals surface area (Å²) in [6, 6.07) is 14.7. The summed E-state index contributed by atoms with van der Waals surface area (Å²) >= 11 is 1.50. The third-order valence-corrected chi connectivity index (χ3v) is 3.81. The molecule has 0 amide bonds. The van der Waals surface area contributed by atoms with Crippen LogP contribution in [0, 0.1) is 11.3 Å². The van der Waals surface area contributed by atoms with E-state index in [9.17, 15) is 4.79 Å². The van der Waals surface area contributed by atoms with Crippen molar-refractivity contribution in [3.8, 4) is 11.8 Å². The summed E-state index contributed by atoms with van der Waals surface area (Å²) in [6.07, 6.45) is 0. The molecule has 0 aliphatic rings. The van der Waals surface area contributed by atoms with E-state index in [4.69, 9.17) is 14.7 Å². The zero-order valence-electron chi connectivity index (χ0n) is 11.6. The van der Waals surface area contributed by atoms with Crippen molar-refractivity contribution in [2.24, 2.45) is 0 Å². The fourth-order valence-electron chi connectivity index (χ4n) is 1.74. The maximum atomic E-state index is 11.7. The van der Waals surface area contributed by atoms with E-state index in [0.29, 0.717) is 5.56 Å². The van der Waals surface area contributed by atoms with Gasteiger partial charge in [0.15, 0.2) is 0 Å². The molecular formula is C16H13NO3S. The zero-order chi connectivity index (χ0) is 15.2. The molecule has 0 spiro atoms. The standard InChI is InChI=1S/C16H13NO3S/c1-19-12-4-7-13(8-5-12)21-14-6-3-11(10-17)15(9-14)16(18)20-2/h3-9H,1-2H3. The lowest BCUT2D eigenvalue weighted by Gasteiger charge is -2.06. The van der Waals surface area contributed by atoms with Crippen LogP contribution in [-0.2, 0) is 4.74 Å². The van der Waals surface area contributed by atoms with Gasteiger partial charge in [-0.3, -0.25) is 0 Å². The first-order valence-electron chi connectivity index (χ1n) is 6.12. The summed E-state index contributed by atoms with van der Waals surface area (Å²) < 4.78 is 9.81. The van der Waals surface area contributed by atoms with Crippen molar-refractivity contribution in [3.05, 3.63) is 53.6 Å². The van der Waals surface area contributed by atoms with E-state index in [1.807, 2.05) is 30.3 Å². The van der Waals surface area contributed by atoms with Gasteiger partial charge in [-0.2, -0.15) is 5.26 Å². The highest BCUT2D eigenvalue weighted by Crippen LogP contribution is 2.30. The SMILES string of the molecule is COC(=O)c1cc(Sc2ccc(OC)cc2)ccc1C#N. The van der Waals surface area contributed by atoms with Crippen LogP contribution in [0.25, 0.3) is 0 Å². The molecule has 0 atom stereocenters. The predicted octanol–water partition coefficient (Wildman–Crippen LogP) is 3.50. The number of esters is 1. The van der Waals surface area contributed by atoms with Crippen molar-refractivity contribution in [2.75, 3.05) is 14.2 Å². The number of nitrogens with zero attached hydrogens (tertiary/aromatic N) is 1. The average Bonchev–Trinajstić information content (AvgIpc) is 2.54. The van der Waals surface area contributed by atoms with Gasteiger partial charge in [0.25, 0.3) is 0 Å². The van der Waals surface area contributed by atoms with E-state index in [-0.39, 0.29) is 5.56 Å². The van der Waals surface area contributed by atoms with Gasteiger partial charge in [0.1, 0.15) is 11.8 Å². The molecular weight excluding hydrogens is 286 g/mol. The second-order valence-corrected chi connectivity index (χ2v) is 5.24. The smallest absolute Gasteiger partial charge is 0.339 e. The molecule has 0 fully saturated rings. The molecule has 2 rings (SSSR count). The van der Waals surface area contributed by atoms with E-state index in [2.05, 4.69) is 0 Å². The Morgan fingerprint density at radius 3 is 2.33 bits per heavy atom. The van der Waals surface area contributed by atoms with Crippen molar-refractivity contribution in [1.29, 1.82) is 5.26 Å². The van der Waals surface area contributed by atoms with E-state index in [0.717, 1.165) is 15.5 Å². The van der Waals surface area contributed by atoms with Crippen LogP contribution in [0.15, 0.2) is 52.3 Å². The van der Waals surface area contributed by atoms with Crippen LogP contribution < -0.4 is 4.74 Å². The highest BCUT2D eigenvalue weighted by molar-refractivity contribution is 7.99. The Morgan fingerprint density at radius 2 is 1.76 bits per heavy atom. The van der Waals surface area contributed by atoms with Gasteiger partial charge in [-0.1, -0.05) is 11.8 Å². The second-order valence-electron chi connectivity index (χ2n) is 4.09. The molecule has 4 nitrogen and oxygen atoms in total. The minimum absolute atomic E-state index is 0.276. The van der Waals surface area contributed by atoms with Crippen LogP contribution in [0.1, 0.15) is 15.9 Å². The fourth-order valence-corrected chi connectivity index (χ4v) is 2.60. The molecule has 0 aliphatic heterocycles. The predicted molar refractivity (Wildman–Crippen MR) is 79.6 cm³/mol. The Balaban J connectivity index is 2.28. The highest BCUT2D eigenvalue weighted by Gasteiger charge is 2.13. The number of methoxy groups -OCH3 is 2. The molecule has 0 saturated carbocycles. The summed E-state index contributed by atoms with van der Waals surface area (Å²) in [4.78, 5) is 13.6. The van der Waals surface area contributed by atoms with E-state index < -0.39 is 5.97 Å². The Hall–Kier alpha value is -2.45. The maximum Gasteiger partial charge on any atom is 0.339 e. The van der Waals surface area contributed by atoms with Crippen molar-refractivity contribution < 1.29 is 14.3 Å². The summed E-state index contributed by atoms with van der Waals surface area (Å²) in [6.45, 7) is 0. The molecule has 2 aromatic carbocycles. The first-order chi connectivity index (χ1) is 10.2. The summed E-state index contributed by atoms with van der Waals surface area (Å²) in [5.41, 5.74) is 0.583. The minimum Gasteiger partial charge on any atom is -0.497 e. The number of ether oxygens (including phenoxy) is 2. The molecule has 21 heavy (non-hydrogen) atoms. The monoisotopic (exact) mass is 299 g/mol. The summed E-state index contributed by atoms with van der Waals surface area (Å²) in [5, 5.41) is 9.02. The third kappa shape index (κ3) is 3.56. The van der Waals surface area contributed by atoms with Gasteiger partial charge in [-0.15, -0.1) is 0 Å². The van der Waals surface area contributed by atoms with Crippen LogP contribution in [0.5, 0.6) is 5.75 Å². The fraction of sp³-hybridized carbons (Fsp3) is 0.125. The topological polar surface area (TPSA) is 59.3 Å². The molecule has 0 radical (unpaired) electrons. The Kier molecular flexibility index (Phi) is 4.85. The quantitative estimate of drug-likeness (QED) is 0.809. The Bertz CT molecular complexity index is 690. The lowest BCUT2D eigenvalue weighted by Crippen LogP contribution is -2.04. The van der Waals surface area contributed by atoms with Crippen molar-refractivity contribution in [1.82, 2.24) is 0 Å². The molecule has 0 N–H and O–H groups in total. The van der Waals surface area contributed by atoms with Crippen LogP contribution in [-0.4, -0.2) is 20.2 Å². The van der Waals surface area contributed by atoms with Gasteiger partial charge in [0.2, 0.25) is 0 Å². The minimum atomic E-state index is -0.510. The van der Waals surface area contributed by atoms with Gasteiger partial charge in [0, 0.05) is 9.79 Å². The molecule has 0 aliphatic carbocycles. The number of benzene rings is 2. The van der Waals surface area contributed by atoms with Gasteiger partial charge in [-0.05, 0) is 42.5 Å². The molecule has 0 unspecified atom stereocenters. The largest absolute Gasteiger partial charge is 0.497 e. The zero-order valence-corrected chi connectivity index (χ0v) is 12.4. The number of rotatable bonds is 4. The highest BCUT2D eigenvalue weighted by atomic mass is 32.2. The molecule has 106 valence electrons. The number of carbonyl (C=O) groups excluding carboxylic acids is 1. The average molecular weight is 299 g/mol. The molecule has 2 aromatic rings. The number of nitriles is 1. The molecule has 0 heterocycles. The lowest BCUT2D eigenvalue weighted by atomic mass is 10.1. The first-order valence-corrected chi connectivity index (χ1v) is 6.94. The van der Waals surface area contributed by atoms with Crippen LogP contribution in [0.3, 0.4) is 0 Å². The van der Waals surface area contributed by atoms with Gasteiger partial charge >= 0.3 is 5.97 Å². The molecule has 0 saturated heterocycles. The lowest BCUT2D eigenvalue weighted by molar-refractivity contribution is 0.0600. The van der Waals surface area contributed by atoms with Crippen molar-refractivity contribution in [3.63, 3.8) is 0 Å². The van der Waals surface area contributed by atoms with E-state index in [1.165, 1.54) is 18.9 Å². The molecule has 0 bridgehead atoms. The molecule has 0 aromatic heterocycles. The Labute approximate surface area is 127 Å². The van der Waals surface area contributed by atoms with Crippen LogP contribution in [0.2, 0.25) is 0 Å². The number of carbonyl (C=O) groups is 1. The van der Waals surface area contributed by atoms with Crippen LogP contribution >= 0.6 is 11.8 Å². The molecule has 5 heteroatoms. The number of hydrogen-bond acceptors (Lipinski definition) is 5. The van der Waals surface area contributed by atoms with Crippen LogP contribution in [0.4, 0.5) is 0 Å². The first kappa shape index (κ1) is 14.9. The van der Waals surface area contributed by atoms with E-state index >= 15 is 0 Å². The van der Waals surface area contributed by atoms with Gasteiger partial charge in [0.05, 0.1) is 25.3 Å². The maximum absolute atomic E-state index is 11.7. The van der Waals surface area contributed by atoms with E-state index in [1.54, 1.807) is 25.3 Å². The van der Waals surface area contributed by atoms with Crippen molar-refractivity contribution in [2.45, 2.75) is 9.79 Å². The Morgan fingerprint density at radius 1 is 1.10 bits per heavy atom. The second kappa shape index (κ2) is 6.82. The third-order valence-electron chi connectivity index (χ3n) is 2.81.